The van der Waals surface area contributed by atoms with Gasteiger partial charge in [-0.3, -0.25) is 0 Å². The van der Waals surface area contributed by atoms with Crippen molar-refractivity contribution in [2.75, 3.05) is 6.61 Å². The van der Waals surface area contributed by atoms with Gasteiger partial charge in [-0.05, 0) is 0 Å². The standard InChI is InChI=1S/C15H17NO2Se/c1-10(2)15-16-11(9-18-15)8-13(14(16)17)19-12-6-4-3-5-7-12/h3-7,11,13,15H,1,8-9H2,2H3/t11?,13?,15-/m1/s1. The Morgan fingerprint density at radius 3 is 2.84 bits per heavy atom. The first-order valence-corrected chi connectivity index (χ1v) is 8.32. The zero-order chi connectivity index (χ0) is 13.4. The second-order valence-electron chi connectivity index (χ2n) is 5.09. The molecule has 3 atom stereocenters. The van der Waals surface area contributed by atoms with E-state index in [0.717, 1.165) is 12.0 Å². The second-order valence-corrected chi connectivity index (χ2v) is 7.76. The van der Waals surface area contributed by atoms with E-state index in [2.05, 4.69) is 18.7 Å². The van der Waals surface area contributed by atoms with Gasteiger partial charge in [-0.2, -0.15) is 0 Å². The van der Waals surface area contributed by atoms with Gasteiger partial charge < -0.3 is 0 Å². The van der Waals surface area contributed by atoms with Crippen molar-refractivity contribution in [1.82, 2.24) is 4.90 Å². The Balaban J connectivity index is 1.74. The van der Waals surface area contributed by atoms with Crippen molar-refractivity contribution in [3.8, 4) is 0 Å². The molecule has 0 radical (unpaired) electrons. The van der Waals surface area contributed by atoms with Crippen LogP contribution in [0.15, 0.2) is 42.5 Å². The molecule has 0 spiro atoms. The van der Waals surface area contributed by atoms with Gasteiger partial charge in [0.1, 0.15) is 0 Å². The third kappa shape index (κ3) is 2.36. The first-order chi connectivity index (χ1) is 9.16. The molecule has 100 valence electrons. The van der Waals surface area contributed by atoms with Crippen molar-refractivity contribution in [2.45, 2.75) is 30.4 Å². The minimum atomic E-state index is -0.200. The molecular weight excluding hydrogens is 305 g/mol. The fraction of sp³-hybridized carbons (Fsp3) is 0.400. The molecule has 0 aliphatic carbocycles. The van der Waals surface area contributed by atoms with E-state index in [9.17, 15) is 4.79 Å². The predicted molar refractivity (Wildman–Crippen MR) is 75.4 cm³/mol. The molecule has 2 aliphatic rings. The van der Waals surface area contributed by atoms with Gasteiger partial charge in [-0.25, -0.2) is 0 Å². The van der Waals surface area contributed by atoms with Crippen molar-refractivity contribution in [1.29, 1.82) is 0 Å². The Hall–Kier alpha value is -1.09. The van der Waals surface area contributed by atoms with Crippen LogP contribution in [0.2, 0.25) is 4.82 Å². The Kier molecular flexibility index (Phi) is 3.48. The number of rotatable bonds is 3. The molecule has 3 nitrogen and oxygen atoms in total. The molecule has 2 saturated heterocycles. The maximum atomic E-state index is 12.5. The van der Waals surface area contributed by atoms with E-state index >= 15 is 0 Å². The summed E-state index contributed by atoms with van der Waals surface area (Å²) >= 11 is 0.211. The van der Waals surface area contributed by atoms with Crippen LogP contribution < -0.4 is 4.46 Å². The van der Waals surface area contributed by atoms with E-state index in [1.165, 1.54) is 4.46 Å². The van der Waals surface area contributed by atoms with Gasteiger partial charge in [0.25, 0.3) is 0 Å². The van der Waals surface area contributed by atoms with Crippen LogP contribution in [-0.4, -0.2) is 44.6 Å². The summed E-state index contributed by atoms with van der Waals surface area (Å²) in [6.07, 6.45) is 0.728. The molecule has 2 heterocycles. The van der Waals surface area contributed by atoms with Gasteiger partial charge in [-0.1, -0.05) is 0 Å². The van der Waals surface area contributed by atoms with Gasteiger partial charge in [0, 0.05) is 0 Å². The number of fused-ring (bicyclic) bond motifs is 1. The van der Waals surface area contributed by atoms with Crippen LogP contribution in [0, 0.1) is 0 Å². The van der Waals surface area contributed by atoms with Crippen LogP contribution in [0.4, 0.5) is 0 Å². The molecule has 1 aromatic rings. The van der Waals surface area contributed by atoms with E-state index in [1.807, 2.05) is 30.0 Å². The fourth-order valence-corrected chi connectivity index (χ4v) is 5.17. The topological polar surface area (TPSA) is 29.5 Å². The van der Waals surface area contributed by atoms with Gasteiger partial charge >= 0.3 is 119 Å². The molecule has 2 aliphatic heterocycles. The van der Waals surface area contributed by atoms with Crippen molar-refractivity contribution in [3.05, 3.63) is 42.5 Å². The molecule has 19 heavy (non-hydrogen) atoms. The summed E-state index contributed by atoms with van der Waals surface area (Å²) in [4.78, 5) is 14.6. The molecule has 2 fully saturated rings. The SMILES string of the molecule is C=C(C)[C@H]1OCC2CC([Se]c3ccccc3)C(=O)N21. The normalized spacial score (nSPS) is 29.6. The van der Waals surface area contributed by atoms with Crippen LogP contribution in [0.3, 0.4) is 0 Å². The van der Waals surface area contributed by atoms with E-state index in [1.54, 1.807) is 0 Å². The summed E-state index contributed by atoms with van der Waals surface area (Å²) in [6.45, 7) is 6.51. The number of carbonyl (C=O) groups is 1. The fourth-order valence-electron chi connectivity index (χ4n) is 2.69. The number of hydrogen-bond acceptors (Lipinski definition) is 2. The van der Waals surface area contributed by atoms with Gasteiger partial charge in [0.2, 0.25) is 0 Å². The van der Waals surface area contributed by atoms with Crippen LogP contribution in [0.1, 0.15) is 13.3 Å². The van der Waals surface area contributed by atoms with Crippen molar-refractivity contribution < 1.29 is 9.53 Å². The Labute approximate surface area is 119 Å². The van der Waals surface area contributed by atoms with Crippen LogP contribution in [0.25, 0.3) is 0 Å². The molecule has 0 bridgehead atoms. The zero-order valence-electron chi connectivity index (χ0n) is 10.9. The maximum absolute atomic E-state index is 12.5. The monoisotopic (exact) mass is 323 g/mol. The van der Waals surface area contributed by atoms with E-state index in [4.69, 9.17) is 4.74 Å². The summed E-state index contributed by atoms with van der Waals surface area (Å²) in [5.74, 6) is 0.249. The first kappa shape index (κ1) is 12.9. The number of benzene rings is 1. The number of carbonyl (C=O) groups excluding carboxylic acids is 1. The molecule has 1 amide bonds. The number of ether oxygens (including phenoxy) is 1. The quantitative estimate of drug-likeness (QED) is 0.621. The zero-order valence-corrected chi connectivity index (χ0v) is 12.6. The molecule has 0 N–H and O–H groups in total. The summed E-state index contributed by atoms with van der Waals surface area (Å²) < 4.78 is 6.96. The number of hydrogen-bond donors (Lipinski definition) is 0. The van der Waals surface area contributed by atoms with Crippen LogP contribution in [0.5, 0.6) is 0 Å². The summed E-state index contributed by atoms with van der Waals surface area (Å²) in [6, 6.07) is 10.6. The van der Waals surface area contributed by atoms with Crippen LogP contribution in [-0.2, 0) is 9.53 Å². The van der Waals surface area contributed by atoms with E-state index < -0.39 is 0 Å². The number of nitrogens with zero attached hydrogens (tertiary/aromatic N) is 1. The second kappa shape index (κ2) is 5.12. The molecule has 4 heteroatoms. The first-order valence-electron chi connectivity index (χ1n) is 6.47. The third-order valence-electron chi connectivity index (χ3n) is 3.55. The summed E-state index contributed by atoms with van der Waals surface area (Å²) in [5.41, 5.74) is 0.920. The third-order valence-corrected chi connectivity index (χ3v) is 6.12. The minimum absolute atomic E-state index is 0.158. The van der Waals surface area contributed by atoms with Crippen molar-refractivity contribution >= 4 is 25.3 Å². The van der Waals surface area contributed by atoms with Gasteiger partial charge in [0.15, 0.2) is 0 Å². The van der Waals surface area contributed by atoms with Gasteiger partial charge in [0.05, 0.1) is 0 Å². The Morgan fingerprint density at radius 2 is 2.16 bits per heavy atom. The van der Waals surface area contributed by atoms with E-state index in [-0.39, 0.29) is 38.0 Å². The molecule has 1 aromatic carbocycles. The predicted octanol–water partition coefficient (Wildman–Crippen LogP) is 1.34. The average Bonchev–Trinajstić information content (AvgIpc) is 2.93. The molecule has 0 saturated carbocycles. The van der Waals surface area contributed by atoms with Crippen LogP contribution >= 0.6 is 0 Å². The van der Waals surface area contributed by atoms with E-state index in [0.29, 0.717) is 6.61 Å². The van der Waals surface area contributed by atoms with Gasteiger partial charge in [-0.15, -0.1) is 0 Å². The summed E-state index contributed by atoms with van der Waals surface area (Å²) in [7, 11) is 0. The van der Waals surface area contributed by atoms with Crippen molar-refractivity contribution in [3.63, 3.8) is 0 Å². The van der Waals surface area contributed by atoms with Crippen molar-refractivity contribution in [2.24, 2.45) is 0 Å². The average molecular weight is 322 g/mol. The molecule has 3 rings (SSSR count). The number of amides is 1. The summed E-state index contributed by atoms with van der Waals surface area (Å²) in [5, 5.41) is 0. The Morgan fingerprint density at radius 1 is 1.42 bits per heavy atom. The molecule has 0 aromatic heterocycles. The Bertz CT molecular complexity index is 502. The molecule has 2 unspecified atom stereocenters. The molecular formula is C15H17NO2Se.